The Hall–Kier alpha value is -2.69. The van der Waals surface area contributed by atoms with Crippen molar-refractivity contribution in [2.75, 3.05) is 7.05 Å². The van der Waals surface area contributed by atoms with Gasteiger partial charge in [-0.1, -0.05) is 25.3 Å². The lowest BCUT2D eigenvalue weighted by atomic mass is 9.94. The highest BCUT2D eigenvalue weighted by Gasteiger charge is 2.25. The molecular formula is C24H28FN3O. The number of carbonyl (C=O) groups is 1. The fourth-order valence-electron chi connectivity index (χ4n) is 4.33. The van der Waals surface area contributed by atoms with E-state index in [4.69, 9.17) is 4.98 Å². The SMILES string of the molecule is Cc1ccc2nc(-c3ccc(F)c(C)c3)c(CC(=O)N(C)C3CCCCC3)n2c1. The summed E-state index contributed by atoms with van der Waals surface area (Å²) in [5.41, 5.74) is 4.94. The van der Waals surface area contributed by atoms with Crippen LogP contribution in [-0.4, -0.2) is 33.3 Å². The van der Waals surface area contributed by atoms with Crippen molar-refractivity contribution < 1.29 is 9.18 Å². The Labute approximate surface area is 171 Å². The largest absolute Gasteiger partial charge is 0.342 e. The van der Waals surface area contributed by atoms with E-state index in [1.165, 1.54) is 25.3 Å². The van der Waals surface area contributed by atoms with Gasteiger partial charge in [-0.2, -0.15) is 0 Å². The number of aryl methyl sites for hydroxylation is 2. The molecule has 0 saturated heterocycles. The average molecular weight is 394 g/mol. The lowest BCUT2D eigenvalue weighted by Crippen LogP contribution is -2.39. The second-order valence-electron chi connectivity index (χ2n) is 8.28. The summed E-state index contributed by atoms with van der Waals surface area (Å²) in [5, 5.41) is 0. The number of nitrogens with zero attached hydrogens (tertiary/aromatic N) is 3. The van der Waals surface area contributed by atoms with Gasteiger partial charge in [0.15, 0.2) is 0 Å². The van der Waals surface area contributed by atoms with Crippen LogP contribution in [0.3, 0.4) is 0 Å². The Morgan fingerprint density at radius 1 is 1.17 bits per heavy atom. The van der Waals surface area contributed by atoms with Gasteiger partial charge in [0, 0.05) is 24.8 Å². The number of carbonyl (C=O) groups excluding carboxylic acids is 1. The molecule has 0 atom stereocenters. The molecule has 4 rings (SSSR count). The van der Waals surface area contributed by atoms with E-state index < -0.39 is 0 Å². The topological polar surface area (TPSA) is 37.6 Å². The van der Waals surface area contributed by atoms with Gasteiger partial charge in [-0.05, 0) is 62.1 Å². The second kappa shape index (κ2) is 7.97. The lowest BCUT2D eigenvalue weighted by Gasteiger charge is -2.31. The Morgan fingerprint density at radius 3 is 2.66 bits per heavy atom. The number of amides is 1. The molecule has 4 nitrogen and oxygen atoms in total. The predicted octanol–water partition coefficient (Wildman–Crippen LogP) is 5.09. The number of imidazole rings is 1. The van der Waals surface area contributed by atoms with Crippen molar-refractivity contribution in [1.29, 1.82) is 0 Å². The number of hydrogen-bond donors (Lipinski definition) is 0. The Balaban J connectivity index is 1.74. The molecule has 152 valence electrons. The van der Waals surface area contributed by atoms with Crippen LogP contribution in [0.15, 0.2) is 36.5 Å². The zero-order valence-corrected chi connectivity index (χ0v) is 17.4. The molecule has 0 unspecified atom stereocenters. The molecule has 2 heterocycles. The molecule has 0 aliphatic heterocycles. The van der Waals surface area contributed by atoms with Crippen LogP contribution in [0.4, 0.5) is 4.39 Å². The summed E-state index contributed by atoms with van der Waals surface area (Å²) in [4.78, 5) is 19.9. The van der Waals surface area contributed by atoms with Crippen LogP contribution in [0.25, 0.3) is 16.9 Å². The number of hydrogen-bond acceptors (Lipinski definition) is 2. The van der Waals surface area contributed by atoms with Crippen molar-refractivity contribution in [3.63, 3.8) is 0 Å². The maximum absolute atomic E-state index is 13.8. The normalized spacial score (nSPS) is 15.0. The van der Waals surface area contributed by atoms with E-state index in [0.717, 1.165) is 41.0 Å². The number of halogens is 1. The summed E-state index contributed by atoms with van der Waals surface area (Å²) in [7, 11) is 1.93. The van der Waals surface area contributed by atoms with Crippen LogP contribution in [0.5, 0.6) is 0 Å². The van der Waals surface area contributed by atoms with Gasteiger partial charge in [0.1, 0.15) is 11.5 Å². The Bertz CT molecular complexity index is 1050. The average Bonchev–Trinajstić information content (AvgIpc) is 3.07. The molecule has 5 heteroatoms. The molecule has 29 heavy (non-hydrogen) atoms. The van der Waals surface area contributed by atoms with Crippen LogP contribution >= 0.6 is 0 Å². The van der Waals surface area contributed by atoms with E-state index in [-0.39, 0.29) is 18.1 Å². The van der Waals surface area contributed by atoms with Crippen molar-refractivity contribution in [3.05, 3.63) is 59.2 Å². The Morgan fingerprint density at radius 2 is 1.93 bits per heavy atom. The first-order chi connectivity index (χ1) is 13.9. The van der Waals surface area contributed by atoms with E-state index in [0.29, 0.717) is 11.6 Å². The quantitative estimate of drug-likeness (QED) is 0.619. The summed E-state index contributed by atoms with van der Waals surface area (Å²) in [5.74, 6) is -0.122. The van der Waals surface area contributed by atoms with E-state index in [1.54, 1.807) is 13.0 Å². The van der Waals surface area contributed by atoms with Gasteiger partial charge in [0.05, 0.1) is 17.8 Å². The van der Waals surface area contributed by atoms with Gasteiger partial charge in [-0.15, -0.1) is 0 Å². The fourth-order valence-corrected chi connectivity index (χ4v) is 4.33. The maximum Gasteiger partial charge on any atom is 0.228 e. The zero-order chi connectivity index (χ0) is 20.5. The summed E-state index contributed by atoms with van der Waals surface area (Å²) in [6.45, 7) is 3.78. The van der Waals surface area contributed by atoms with Gasteiger partial charge in [-0.25, -0.2) is 9.37 Å². The third-order valence-electron chi connectivity index (χ3n) is 6.13. The molecule has 0 spiro atoms. The smallest absolute Gasteiger partial charge is 0.228 e. The molecule has 1 aliphatic carbocycles. The summed E-state index contributed by atoms with van der Waals surface area (Å²) >= 11 is 0. The van der Waals surface area contributed by atoms with Gasteiger partial charge in [0.25, 0.3) is 0 Å². The van der Waals surface area contributed by atoms with E-state index in [2.05, 4.69) is 0 Å². The molecule has 1 aromatic carbocycles. The third-order valence-corrected chi connectivity index (χ3v) is 6.13. The Kier molecular flexibility index (Phi) is 5.39. The minimum absolute atomic E-state index is 0.111. The van der Waals surface area contributed by atoms with E-state index >= 15 is 0 Å². The van der Waals surface area contributed by atoms with Gasteiger partial charge >= 0.3 is 0 Å². The molecule has 0 bridgehead atoms. The molecule has 1 aliphatic rings. The number of aromatic nitrogens is 2. The number of likely N-dealkylation sites (N-methyl/N-ethyl adjacent to an activating group) is 1. The van der Waals surface area contributed by atoms with Gasteiger partial charge in [0.2, 0.25) is 5.91 Å². The summed E-state index contributed by atoms with van der Waals surface area (Å²) in [6, 6.07) is 9.34. The standard InChI is InChI=1S/C24H28FN3O/c1-16-9-12-22-26-24(18-10-11-20(25)17(2)13-18)21(28(22)15-16)14-23(29)27(3)19-7-5-4-6-8-19/h9-13,15,19H,4-8,14H2,1-3H3. The van der Waals surface area contributed by atoms with Crippen molar-refractivity contribution >= 4 is 11.6 Å². The van der Waals surface area contributed by atoms with Crippen molar-refractivity contribution in [1.82, 2.24) is 14.3 Å². The highest BCUT2D eigenvalue weighted by atomic mass is 19.1. The van der Waals surface area contributed by atoms with E-state index in [9.17, 15) is 9.18 Å². The third kappa shape index (κ3) is 3.91. The number of benzene rings is 1. The molecule has 3 aromatic rings. The predicted molar refractivity (Wildman–Crippen MR) is 113 cm³/mol. The molecule has 1 saturated carbocycles. The monoisotopic (exact) mass is 393 g/mol. The lowest BCUT2D eigenvalue weighted by molar-refractivity contribution is -0.131. The molecule has 0 radical (unpaired) electrons. The molecule has 1 amide bonds. The zero-order valence-electron chi connectivity index (χ0n) is 17.4. The number of fused-ring (bicyclic) bond motifs is 1. The minimum atomic E-state index is -0.233. The van der Waals surface area contributed by atoms with Crippen LogP contribution in [0.1, 0.15) is 48.9 Å². The highest BCUT2D eigenvalue weighted by molar-refractivity contribution is 5.82. The van der Waals surface area contributed by atoms with Crippen LogP contribution in [-0.2, 0) is 11.2 Å². The maximum atomic E-state index is 13.8. The highest BCUT2D eigenvalue weighted by Crippen LogP contribution is 2.28. The van der Waals surface area contributed by atoms with Gasteiger partial charge < -0.3 is 9.30 Å². The van der Waals surface area contributed by atoms with Crippen molar-refractivity contribution in [3.8, 4) is 11.3 Å². The first-order valence-corrected chi connectivity index (χ1v) is 10.4. The molecule has 1 fully saturated rings. The van der Waals surface area contributed by atoms with Crippen molar-refractivity contribution in [2.24, 2.45) is 0 Å². The molecule has 0 N–H and O–H groups in total. The molecular weight excluding hydrogens is 365 g/mol. The summed E-state index contributed by atoms with van der Waals surface area (Å²) < 4.78 is 15.8. The first-order valence-electron chi connectivity index (χ1n) is 10.4. The second-order valence-corrected chi connectivity index (χ2v) is 8.28. The van der Waals surface area contributed by atoms with E-state index in [1.807, 2.05) is 47.7 Å². The minimum Gasteiger partial charge on any atom is -0.342 e. The van der Waals surface area contributed by atoms with Crippen LogP contribution < -0.4 is 0 Å². The first kappa shape index (κ1) is 19.6. The number of rotatable bonds is 4. The molecule has 2 aromatic heterocycles. The van der Waals surface area contributed by atoms with Crippen LogP contribution in [0, 0.1) is 19.7 Å². The van der Waals surface area contributed by atoms with Crippen molar-refractivity contribution in [2.45, 2.75) is 58.4 Å². The number of pyridine rings is 1. The van der Waals surface area contributed by atoms with Gasteiger partial charge in [-0.3, -0.25) is 4.79 Å². The van der Waals surface area contributed by atoms with Crippen LogP contribution in [0.2, 0.25) is 0 Å². The summed E-state index contributed by atoms with van der Waals surface area (Å²) in [6.07, 6.45) is 8.11. The fraction of sp³-hybridized carbons (Fsp3) is 0.417.